The third kappa shape index (κ3) is 3.82. The smallest absolute Gasteiger partial charge is 0.128 e. The van der Waals surface area contributed by atoms with Crippen molar-refractivity contribution in [2.45, 2.75) is 0 Å². The minimum absolute atomic E-state index is 0.780. The number of rotatable bonds is 5. The summed E-state index contributed by atoms with van der Waals surface area (Å²) in [6.45, 7) is 0. The Balaban J connectivity index is 1.59. The Labute approximate surface area is 158 Å². The van der Waals surface area contributed by atoms with Crippen LogP contribution < -0.4 is 9.47 Å². The lowest BCUT2D eigenvalue weighted by Crippen LogP contribution is -1.92. The first-order valence-corrected chi connectivity index (χ1v) is 8.76. The normalized spacial score (nSPS) is 11.0. The van der Waals surface area contributed by atoms with Gasteiger partial charge in [-0.15, -0.1) is 0 Å². The van der Waals surface area contributed by atoms with Crippen LogP contribution in [0.1, 0.15) is 5.56 Å². The summed E-state index contributed by atoms with van der Waals surface area (Å²) < 4.78 is 11.3. The van der Waals surface area contributed by atoms with Gasteiger partial charge in [0.1, 0.15) is 17.2 Å². The zero-order valence-corrected chi connectivity index (χ0v) is 15.0. The zero-order valence-electron chi connectivity index (χ0n) is 15.0. The van der Waals surface area contributed by atoms with E-state index in [-0.39, 0.29) is 0 Å². The number of aliphatic imine (C=N–C) groups is 1. The summed E-state index contributed by atoms with van der Waals surface area (Å²) in [4.78, 5) is 4.62. The van der Waals surface area contributed by atoms with Gasteiger partial charge >= 0.3 is 0 Å². The Morgan fingerprint density at radius 3 is 2.19 bits per heavy atom. The lowest BCUT2D eigenvalue weighted by atomic mass is 10.0. The number of methoxy groups -OCH3 is 1. The monoisotopic (exact) mass is 353 g/mol. The Hall–Kier alpha value is -3.59. The number of ether oxygens (including phenoxy) is 2. The van der Waals surface area contributed by atoms with Gasteiger partial charge in [0.05, 0.1) is 12.8 Å². The molecule has 0 bridgehead atoms. The van der Waals surface area contributed by atoms with E-state index in [1.54, 1.807) is 7.11 Å². The summed E-state index contributed by atoms with van der Waals surface area (Å²) in [5.41, 5.74) is 1.82. The van der Waals surface area contributed by atoms with Crippen LogP contribution >= 0.6 is 0 Å². The highest BCUT2D eigenvalue weighted by Gasteiger charge is 2.06. The summed E-state index contributed by atoms with van der Waals surface area (Å²) in [7, 11) is 1.68. The van der Waals surface area contributed by atoms with Gasteiger partial charge in [0.2, 0.25) is 0 Å². The van der Waals surface area contributed by atoms with Crippen LogP contribution in [0.15, 0.2) is 96.0 Å². The Bertz CT molecular complexity index is 1070. The topological polar surface area (TPSA) is 30.8 Å². The Morgan fingerprint density at radius 2 is 1.41 bits per heavy atom. The van der Waals surface area contributed by atoms with Crippen LogP contribution in [0.4, 0.5) is 5.69 Å². The Morgan fingerprint density at radius 1 is 0.704 bits per heavy atom. The minimum Gasteiger partial charge on any atom is -0.496 e. The van der Waals surface area contributed by atoms with Crippen LogP contribution in [-0.2, 0) is 0 Å². The molecule has 4 aromatic carbocycles. The first-order chi connectivity index (χ1) is 13.3. The standard InChI is InChI=1S/C24H19NO2/c1-26-24-16-11-18-7-5-6-10-22(18)23(24)17-25-19-12-14-21(15-13-19)27-20-8-3-2-4-9-20/h2-17H,1H3. The van der Waals surface area contributed by atoms with Crippen molar-refractivity contribution < 1.29 is 9.47 Å². The lowest BCUT2D eigenvalue weighted by molar-refractivity contribution is 0.415. The molecule has 0 aliphatic heterocycles. The van der Waals surface area contributed by atoms with Crippen LogP contribution in [0.3, 0.4) is 0 Å². The molecule has 3 heteroatoms. The van der Waals surface area contributed by atoms with Crippen molar-refractivity contribution >= 4 is 22.7 Å². The Kier molecular flexibility index (Phi) is 4.84. The van der Waals surface area contributed by atoms with E-state index in [1.807, 2.05) is 79.0 Å². The maximum Gasteiger partial charge on any atom is 0.128 e. The van der Waals surface area contributed by atoms with E-state index in [0.717, 1.165) is 39.3 Å². The number of benzene rings is 4. The molecule has 0 saturated carbocycles. The maximum atomic E-state index is 5.82. The van der Waals surface area contributed by atoms with Crippen LogP contribution in [0.5, 0.6) is 17.2 Å². The molecule has 132 valence electrons. The molecule has 0 aromatic heterocycles. The molecule has 0 radical (unpaired) electrons. The van der Waals surface area contributed by atoms with Gasteiger partial charge in [0.25, 0.3) is 0 Å². The van der Waals surface area contributed by atoms with Crippen LogP contribution in [0, 0.1) is 0 Å². The molecule has 0 N–H and O–H groups in total. The second-order valence-corrected chi connectivity index (χ2v) is 6.07. The minimum atomic E-state index is 0.780. The third-order valence-electron chi connectivity index (χ3n) is 4.31. The van der Waals surface area contributed by atoms with Crippen molar-refractivity contribution in [3.05, 3.63) is 96.6 Å². The molecular formula is C24H19NO2. The molecule has 0 aliphatic rings. The summed E-state index contributed by atoms with van der Waals surface area (Å²) >= 11 is 0. The average molecular weight is 353 g/mol. The predicted octanol–water partition coefficient (Wildman–Crippen LogP) is 6.39. The molecule has 0 heterocycles. The SMILES string of the molecule is COc1ccc2ccccc2c1C=Nc1ccc(Oc2ccccc2)cc1. The van der Waals surface area contributed by atoms with Crippen molar-refractivity contribution in [3.63, 3.8) is 0 Å². The second-order valence-electron chi connectivity index (χ2n) is 6.07. The van der Waals surface area contributed by atoms with E-state index in [2.05, 4.69) is 23.2 Å². The number of fused-ring (bicyclic) bond motifs is 1. The van der Waals surface area contributed by atoms with Gasteiger partial charge in [-0.25, -0.2) is 0 Å². The largest absolute Gasteiger partial charge is 0.496 e. The number of hydrogen-bond donors (Lipinski definition) is 0. The highest BCUT2D eigenvalue weighted by Crippen LogP contribution is 2.28. The first kappa shape index (κ1) is 16.9. The summed E-state index contributed by atoms with van der Waals surface area (Å²) in [6, 6.07) is 29.7. The van der Waals surface area contributed by atoms with Crippen LogP contribution in [0.25, 0.3) is 10.8 Å². The number of para-hydroxylation sites is 1. The molecule has 0 unspecified atom stereocenters. The molecule has 0 fully saturated rings. The molecule has 0 spiro atoms. The van der Waals surface area contributed by atoms with Crippen molar-refractivity contribution in [2.24, 2.45) is 4.99 Å². The van der Waals surface area contributed by atoms with Gasteiger partial charge in [0, 0.05) is 11.8 Å². The van der Waals surface area contributed by atoms with E-state index in [0.29, 0.717) is 0 Å². The van der Waals surface area contributed by atoms with Gasteiger partial charge in [0.15, 0.2) is 0 Å². The molecule has 0 aliphatic carbocycles. The van der Waals surface area contributed by atoms with E-state index < -0.39 is 0 Å². The summed E-state index contributed by atoms with van der Waals surface area (Å²) in [6.07, 6.45) is 1.86. The predicted molar refractivity (Wildman–Crippen MR) is 111 cm³/mol. The van der Waals surface area contributed by atoms with Crippen LogP contribution in [0.2, 0.25) is 0 Å². The molecule has 0 amide bonds. The summed E-state index contributed by atoms with van der Waals surface area (Å²) in [5.74, 6) is 2.40. The lowest BCUT2D eigenvalue weighted by Gasteiger charge is -2.08. The molecule has 27 heavy (non-hydrogen) atoms. The fourth-order valence-electron chi connectivity index (χ4n) is 2.95. The molecule has 0 saturated heterocycles. The molecule has 3 nitrogen and oxygen atoms in total. The average Bonchev–Trinajstić information content (AvgIpc) is 2.73. The highest BCUT2D eigenvalue weighted by molar-refractivity contribution is 6.03. The molecule has 0 atom stereocenters. The summed E-state index contributed by atoms with van der Waals surface area (Å²) in [5, 5.41) is 2.27. The fraction of sp³-hybridized carbons (Fsp3) is 0.0417. The van der Waals surface area contributed by atoms with Crippen molar-refractivity contribution in [1.29, 1.82) is 0 Å². The van der Waals surface area contributed by atoms with Gasteiger partial charge in [-0.3, -0.25) is 4.99 Å². The molecule has 4 rings (SSSR count). The maximum absolute atomic E-state index is 5.82. The van der Waals surface area contributed by atoms with Gasteiger partial charge < -0.3 is 9.47 Å². The van der Waals surface area contributed by atoms with E-state index in [1.165, 1.54) is 0 Å². The van der Waals surface area contributed by atoms with Crippen LogP contribution in [-0.4, -0.2) is 13.3 Å². The van der Waals surface area contributed by atoms with E-state index in [4.69, 9.17) is 9.47 Å². The van der Waals surface area contributed by atoms with Gasteiger partial charge in [-0.05, 0) is 53.2 Å². The number of hydrogen-bond acceptors (Lipinski definition) is 3. The van der Waals surface area contributed by atoms with Gasteiger partial charge in [-0.2, -0.15) is 0 Å². The van der Waals surface area contributed by atoms with Crippen molar-refractivity contribution in [2.75, 3.05) is 7.11 Å². The van der Waals surface area contributed by atoms with Crippen molar-refractivity contribution in [3.8, 4) is 17.2 Å². The zero-order chi connectivity index (χ0) is 18.5. The van der Waals surface area contributed by atoms with E-state index in [9.17, 15) is 0 Å². The van der Waals surface area contributed by atoms with E-state index >= 15 is 0 Å². The fourth-order valence-corrected chi connectivity index (χ4v) is 2.95. The molecular weight excluding hydrogens is 334 g/mol. The van der Waals surface area contributed by atoms with Crippen molar-refractivity contribution in [1.82, 2.24) is 0 Å². The molecule has 4 aromatic rings. The second kappa shape index (κ2) is 7.75. The van der Waals surface area contributed by atoms with Gasteiger partial charge in [-0.1, -0.05) is 48.5 Å². The third-order valence-corrected chi connectivity index (χ3v) is 4.31. The quantitative estimate of drug-likeness (QED) is 0.389. The first-order valence-electron chi connectivity index (χ1n) is 8.76. The highest BCUT2D eigenvalue weighted by atomic mass is 16.5. The number of nitrogens with zero attached hydrogens (tertiary/aromatic N) is 1.